The van der Waals surface area contributed by atoms with E-state index in [1.807, 2.05) is 12.1 Å². The molecule has 18 heavy (non-hydrogen) atoms. The molecular formula is C14H18O4. The molecule has 1 fully saturated rings. The number of carboxylic acids is 1. The number of carboxylic acid groups (broad SMARTS) is 1. The topological polar surface area (TPSA) is 55.8 Å². The van der Waals surface area contributed by atoms with E-state index in [9.17, 15) is 9.90 Å². The van der Waals surface area contributed by atoms with Crippen molar-refractivity contribution in [1.82, 2.24) is 0 Å². The lowest BCUT2D eigenvalue weighted by atomic mass is 9.87. The molecule has 98 valence electrons. The molecule has 4 nitrogen and oxygen atoms in total. The van der Waals surface area contributed by atoms with Crippen molar-refractivity contribution >= 4 is 5.97 Å². The maximum absolute atomic E-state index is 11.4. The Kier molecular flexibility index (Phi) is 3.75. The predicted octanol–water partition coefficient (Wildman–Crippen LogP) is 2.72. The monoisotopic (exact) mass is 250 g/mol. The first kappa shape index (κ1) is 12.7. The van der Waals surface area contributed by atoms with Crippen molar-refractivity contribution in [2.45, 2.75) is 25.7 Å². The highest BCUT2D eigenvalue weighted by Gasteiger charge is 2.42. The second-order valence-corrected chi connectivity index (χ2v) is 4.73. The summed E-state index contributed by atoms with van der Waals surface area (Å²) < 4.78 is 10.9. The van der Waals surface area contributed by atoms with Crippen molar-refractivity contribution in [3.8, 4) is 11.5 Å². The largest absolute Gasteiger partial charge is 0.493 e. The molecule has 0 heterocycles. The number of hydrogen-bond acceptors (Lipinski definition) is 3. The third kappa shape index (κ3) is 2.42. The summed E-state index contributed by atoms with van der Waals surface area (Å²) in [5, 5.41) is 9.36. The van der Waals surface area contributed by atoms with Crippen LogP contribution in [-0.4, -0.2) is 24.8 Å². The molecule has 1 saturated carbocycles. The first-order chi connectivity index (χ1) is 8.68. The van der Waals surface area contributed by atoms with Gasteiger partial charge in [-0.1, -0.05) is 25.0 Å². The molecular weight excluding hydrogens is 232 g/mol. The standard InChI is InChI=1S/C14H18O4/c1-17-11-6-2-3-7-12(11)18-10-14(13(15)16)8-4-5-9-14/h2-3,6-7H,4-5,8-10H2,1H3,(H,15,16). The summed E-state index contributed by atoms with van der Waals surface area (Å²) in [7, 11) is 1.57. The van der Waals surface area contributed by atoms with Crippen molar-refractivity contribution in [3.05, 3.63) is 24.3 Å². The maximum atomic E-state index is 11.4. The van der Waals surface area contributed by atoms with Gasteiger partial charge in [0.1, 0.15) is 12.0 Å². The second kappa shape index (κ2) is 5.29. The van der Waals surface area contributed by atoms with E-state index in [1.165, 1.54) is 0 Å². The molecule has 2 rings (SSSR count). The molecule has 1 aromatic carbocycles. The fourth-order valence-corrected chi connectivity index (χ4v) is 2.43. The first-order valence-electron chi connectivity index (χ1n) is 6.17. The van der Waals surface area contributed by atoms with E-state index in [2.05, 4.69) is 0 Å². The van der Waals surface area contributed by atoms with Crippen molar-refractivity contribution < 1.29 is 19.4 Å². The minimum atomic E-state index is -0.755. The van der Waals surface area contributed by atoms with Crippen LogP contribution in [0.3, 0.4) is 0 Å². The Morgan fingerprint density at radius 3 is 2.44 bits per heavy atom. The van der Waals surface area contributed by atoms with Crippen molar-refractivity contribution in [2.75, 3.05) is 13.7 Å². The molecule has 0 amide bonds. The van der Waals surface area contributed by atoms with Gasteiger partial charge in [-0.2, -0.15) is 0 Å². The normalized spacial score (nSPS) is 17.4. The third-order valence-electron chi connectivity index (χ3n) is 3.59. The van der Waals surface area contributed by atoms with Crippen LogP contribution in [0, 0.1) is 5.41 Å². The lowest BCUT2D eigenvalue weighted by Gasteiger charge is -2.24. The third-order valence-corrected chi connectivity index (χ3v) is 3.59. The number of benzene rings is 1. The van der Waals surface area contributed by atoms with Gasteiger partial charge in [0.15, 0.2) is 11.5 Å². The van der Waals surface area contributed by atoms with Gasteiger partial charge >= 0.3 is 5.97 Å². The SMILES string of the molecule is COc1ccccc1OCC1(C(=O)O)CCCC1. The molecule has 0 bridgehead atoms. The molecule has 0 unspecified atom stereocenters. The van der Waals surface area contributed by atoms with Crippen LogP contribution in [-0.2, 0) is 4.79 Å². The highest BCUT2D eigenvalue weighted by molar-refractivity contribution is 5.75. The average Bonchev–Trinajstić information content (AvgIpc) is 2.87. The van der Waals surface area contributed by atoms with Crippen LogP contribution in [0.15, 0.2) is 24.3 Å². The van der Waals surface area contributed by atoms with E-state index < -0.39 is 11.4 Å². The summed E-state index contributed by atoms with van der Waals surface area (Å²) in [5.41, 5.74) is -0.721. The van der Waals surface area contributed by atoms with Crippen molar-refractivity contribution in [3.63, 3.8) is 0 Å². The number of methoxy groups -OCH3 is 1. The van der Waals surface area contributed by atoms with Crippen LogP contribution < -0.4 is 9.47 Å². The summed E-state index contributed by atoms with van der Waals surface area (Å²) in [4.78, 5) is 11.4. The van der Waals surface area contributed by atoms with Gasteiger partial charge in [-0.3, -0.25) is 4.79 Å². The highest BCUT2D eigenvalue weighted by Crippen LogP contribution is 2.39. The molecule has 1 aromatic rings. The molecule has 4 heteroatoms. The Morgan fingerprint density at radius 2 is 1.89 bits per heavy atom. The number of carbonyl (C=O) groups is 1. The van der Waals surface area contributed by atoms with Gasteiger partial charge in [-0.25, -0.2) is 0 Å². The molecule has 0 atom stereocenters. The number of para-hydroxylation sites is 2. The number of rotatable bonds is 5. The number of aliphatic carboxylic acids is 1. The van der Waals surface area contributed by atoms with E-state index in [4.69, 9.17) is 9.47 Å². The Balaban J connectivity index is 2.08. The minimum Gasteiger partial charge on any atom is -0.493 e. The Bertz CT molecular complexity index is 422. The van der Waals surface area contributed by atoms with Gasteiger partial charge < -0.3 is 14.6 Å². The van der Waals surface area contributed by atoms with E-state index in [0.717, 1.165) is 12.8 Å². The molecule has 0 radical (unpaired) electrons. The minimum absolute atomic E-state index is 0.211. The van der Waals surface area contributed by atoms with Gasteiger partial charge in [0, 0.05) is 0 Å². The Hall–Kier alpha value is -1.71. The van der Waals surface area contributed by atoms with Crippen molar-refractivity contribution in [1.29, 1.82) is 0 Å². The smallest absolute Gasteiger partial charge is 0.313 e. The van der Waals surface area contributed by atoms with Crippen LogP contribution in [0.1, 0.15) is 25.7 Å². The molecule has 0 aliphatic heterocycles. The summed E-state index contributed by atoms with van der Waals surface area (Å²) in [6.07, 6.45) is 3.30. The average molecular weight is 250 g/mol. The molecule has 1 N–H and O–H groups in total. The fourth-order valence-electron chi connectivity index (χ4n) is 2.43. The maximum Gasteiger partial charge on any atom is 0.313 e. The quantitative estimate of drug-likeness (QED) is 0.873. The summed E-state index contributed by atoms with van der Waals surface area (Å²) in [6.45, 7) is 0.211. The van der Waals surface area contributed by atoms with E-state index in [0.29, 0.717) is 24.3 Å². The number of ether oxygens (including phenoxy) is 2. The van der Waals surface area contributed by atoms with Gasteiger partial charge in [-0.05, 0) is 25.0 Å². The van der Waals surface area contributed by atoms with Gasteiger partial charge in [-0.15, -0.1) is 0 Å². The lowest BCUT2D eigenvalue weighted by molar-refractivity contribution is -0.150. The summed E-state index contributed by atoms with van der Waals surface area (Å²) in [5.74, 6) is 0.485. The first-order valence-corrected chi connectivity index (χ1v) is 6.17. The second-order valence-electron chi connectivity index (χ2n) is 4.73. The summed E-state index contributed by atoms with van der Waals surface area (Å²) in [6, 6.07) is 7.30. The van der Waals surface area contributed by atoms with E-state index in [1.54, 1.807) is 19.2 Å². The van der Waals surface area contributed by atoms with Crippen LogP contribution >= 0.6 is 0 Å². The summed E-state index contributed by atoms with van der Waals surface area (Å²) >= 11 is 0. The van der Waals surface area contributed by atoms with Gasteiger partial charge in [0.25, 0.3) is 0 Å². The van der Waals surface area contributed by atoms with Crippen molar-refractivity contribution in [2.24, 2.45) is 5.41 Å². The lowest BCUT2D eigenvalue weighted by Crippen LogP contribution is -2.34. The molecule has 0 saturated heterocycles. The molecule has 0 spiro atoms. The number of hydrogen-bond donors (Lipinski definition) is 1. The fraction of sp³-hybridized carbons (Fsp3) is 0.500. The highest BCUT2D eigenvalue weighted by atomic mass is 16.5. The zero-order chi connectivity index (χ0) is 13.0. The Labute approximate surface area is 107 Å². The zero-order valence-electron chi connectivity index (χ0n) is 10.5. The van der Waals surface area contributed by atoms with E-state index >= 15 is 0 Å². The zero-order valence-corrected chi connectivity index (χ0v) is 10.5. The van der Waals surface area contributed by atoms with Gasteiger partial charge in [0.2, 0.25) is 0 Å². The molecule has 0 aromatic heterocycles. The van der Waals surface area contributed by atoms with Crippen LogP contribution in [0.4, 0.5) is 0 Å². The van der Waals surface area contributed by atoms with Crippen LogP contribution in [0.2, 0.25) is 0 Å². The molecule has 1 aliphatic carbocycles. The van der Waals surface area contributed by atoms with Crippen LogP contribution in [0.5, 0.6) is 11.5 Å². The Morgan fingerprint density at radius 1 is 1.28 bits per heavy atom. The van der Waals surface area contributed by atoms with Gasteiger partial charge in [0.05, 0.1) is 7.11 Å². The predicted molar refractivity (Wildman–Crippen MR) is 67.0 cm³/mol. The van der Waals surface area contributed by atoms with Crippen LogP contribution in [0.25, 0.3) is 0 Å². The van der Waals surface area contributed by atoms with E-state index in [-0.39, 0.29) is 6.61 Å². The molecule has 1 aliphatic rings.